The first-order chi connectivity index (χ1) is 12.0. The number of piperidine rings is 1. The van der Waals surface area contributed by atoms with Crippen molar-refractivity contribution in [3.8, 4) is 0 Å². The minimum atomic E-state index is -0.339. The molecule has 25 heavy (non-hydrogen) atoms. The predicted octanol–water partition coefficient (Wildman–Crippen LogP) is 2.45. The third-order valence-corrected chi connectivity index (χ3v) is 5.34. The molecule has 5 rings (SSSR count). The molecule has 0 aliphatic carbocycles. The fraction of sp³-hybridized carbons (Fsp3) is 0.500. The van der Waals surface area contributed by atoms with Crippen LogP contribution in [0.3, 0.4) is 0 Å². The van der Waals surface area contributed by atoms with Gasteiger partial charge in [-0.05, 0) is 38.8 Å². The van der Waals surface area contributed by atoms with Gasteiger partial charge in [0.2, 0.25) is 5.91 Å². The average Bonchev–Trinajstić information content (AvgIpc) is 2.78. The maximum atomic E-state index is 14.2. The molecule has 0 N–H and O–H groups in total. The summed E-state index contributed by atoms with van der Waals surface area (Å²) in [5, 5.41) is 3.98. The van der Waals surface area contributed by atoms with Gasteiger partial charge in [0.1, 0.15) is 5.76 Å². The highest BCUT2D eigenvalue weighted by Crippen LogP contribution is 2.33. The molecule has 3 fully saturated rings. The summed E-state index contributed by atoms with van der Waals surface area (Å²) in [6, 6.07) is 3.04. The maximum absolute atomic E-state index is 14.2. The Morgan fingerprint density at radius 1 is 1.32 bits per heavy atom. The summed E-state index contributed by atoms with van der Waals surface area (Å²) in [5.74, 6) is 0.758. The molecule has 2 bridgehead atoms. The number of anilines is 1. The molecule has 2 aromatic rings. The van der Waals surface area contributed by atoms with E-state index in [1.807, 2.05) is 23.6 Å². The lowest BCUT2D eigenvalue weighted by molar-refractivity contribution is -0.140. The number of nitrogens with zero attached hydrogens (tertiary/aromatic N) is 4. The molecule has 2 atom stereocenters. The molecule has 1 amide bonds. The Morgan fingerprint density at radius 2 is 2.16 bits per heavy atom. The molecular formula is C18H21FN4O2. The number of hydrogen-bond acceptors (Lipinski definition) is 5. The van der Waals surface area contributed by atoms with E-state index in [1.165, 1.54) is 6.07 Å². The smallest absolute Gasteiger partial charge is 0.228 e. The summed E-state index contributed by atoms with van der Waals surface area (Å²) >= 11 is 0. The molecule has 132 valence electrons. The monoisotopic (exact) mass is 344 g/mol. The van der Waals surface area contributed by atoms with E-state index < -0.39 is 0 Å². The van der Waals surface area contributed by atoms with Crippen LogP contribution in [0.15, 0.2) is 22.9 Å². The predicted molar refractivity (Wildman–Crippen MR) is 89.4 cm³/mol. The molecule has 5 heterocycles. The molecule has 2 aromatic heterocycles. The number of carbonyl (C=O) groups is 1. The maximum Gasteiger partial charge on any atom is 0.228 e. The Kier molecular flexibility index (Phi) is 3.94. The Morgan fingerprint density at radius 3 is 2.88 bits per heavy atom. The van der Waals surface area contributed by atoms with Crippen molar-refractivity contribution in [1.82, 2.24) is 15.0 Å². The SMILES string of the molecule is Cc1noc(C)c1CN1C(=O)[C@H]2CC[C@@H]1CN(c1ncccc1F)C2. The summed E-state index contributed by atoms with van der Waals surface area (Å²) in [6.45, 7) is 5.37. The zero-order valence-electron chi connectivity index (χ0n) is 14.4. The van der Waals surface area contributed by atoms with E-state index in [-0.39, 0.29) is 23.7 Å². The van der Waals surface area contributed by atoms with Crippen molar-refractivity contribution in [3.63, 3.8) is 0 Å². The first-order valence-corrected chi connectivity index (χ1v) is 8.62. The second-order valence-electron chi connectivity index (χ2n) is 6.91. The fourth-order valence-corrected chi connectivity index (χ4v) is 3.93. The molecule has 0 aromatic carbocycles. The average molecular weight is 344 g/mol. The number of rotatable bonds is 3. The Hall–Kier alpha value is -2.44. The highest BCUT2D eigenvalue weighted by Gasteiger charge is 2.41. The summed E-state index contributed by atoms with van der Waals surface area (Å²) in [7, 11) is 0. The second-order valence-corrected chi connectivity index (χ2v) is 6.91. The van der Waals surface area contributed by atoms with Crippen LogP contribution in [0.5, 0.6) is 0 Å². The van der Waals surface area contributed by atoms with Crippen molar-refractivity contribution < 1.29 is 13.7 Å². The van der Waals surface area contributed by atoms with Crippen LogP contribution in [0.4, 0.5) is 10.2 Å². The van der Waals surface area contributed by atoms with Crippen molar-refractivity contribution >= 4 is 11.7 Å². The lowest BCUT2D eigenvalue weighted by Crippen LogP contribution is -2.47. The summed E-state index contributed by atoms with van der Waals surface area (Å²) in [6.07, 6.45) is 3.35. The van der Waals surface area contributed by atoms with E-state index in [0.29, 0.717) is 25.5 Å². The minimum absolute atomic E-state index is 0.0429. The molecule has 3 aliphatic rings. The Labute approximate surface area is 145 Å². The van der Waals surface area contributed by atoms with Crippen LogP contribution in [0, 0.1) is 25.6 Å². The largest absolute Gasteiger partial charge is 0.361 e. The number of pyridine rings is 1. The van der Waals surface area contributed by atoms with Gasteiger partial charge in [-0.3, -0.25) is 4.79 Å². The Balaban J connectivity index is 1.62. The number of carbonyl (C=O) groups excluding carboxylic acids is 1. The summed E-state index contributed by atoms with van der Waals surface area (Å²) < 4.78 is 19.4. The Bertz CT molecular complexity index is 787. The molecule has 3 aliphatic heterocycles. The highest BCUT2D eigenvalue weighted by molar-refractivity contribution is 5.81. The first kappa shape index (κ1) is 16.1. The number of halogens is 1. The van der Waals surface area contributed by atoms with Gasteiger partial charge >= 0.3 is 0 Å². The van der Waals surface area contributed by atoms with Gasteiger partial charge in [0.15, 0.2) is 11.6 Å². The normalized spacial score (nSPS) is 23.2. The van der Waals surface area contributed by atoms with Crippen LogP contribution < -0.4 is 4.90 Å². The first-order valence-electron chi connectivity index (χ1n) is 8.62. The third kappa shape index (κ3) is 2.77. The van der Waals surface area contributed by atoms with E-state index >= 15 is 0 Å². The van der Waals surface area contributed by atoms with E-state index in [4.69, 9.17) is 4.52 Å². The van der Waals surface area contributed by atoms with Crippen molar-refractivity contribution in [2.45, 2.75) is 39.3 Å². The van der Waals surface area contributed by atoms with E-state index in [9.17, 15) is 9.18 Å². The van der Waals surface area contributed by atoms with Gasteiger partial charge in [0.25, 0.3) is 0 Å². The van der Waals surface area contributed by atoms with Crippen LogP contribution in [0.1, 0.15) is 29.9 Å². The molecule has 0 radical (unpaired) electrons. The van der Waals surface area contributed by atoms with Crippen LogP contribution in [0.25, 0.3) is 0 Å². The van der Waals surface area contributed by atoms with E-state index in [2.05, 4.69) is 10.1 Å². The van der Waals surface area contributed by atoms with Gasteiger partial charge in [0.05, 0.1) is 18.2 Å². The molecule has 3 saturated heterocycles. The number of hydrogen-bond donors (Lipinski definition) is 0. The molecular weight excluding hydrogens is 323 g/mol. The van der Waals surface area contributed by atoms with Gasteiger partial charge in [-0.15, -0.1) is 0 Å². The molecule has 0 unspecified atom stereocenters. The van der Waals surface area contributed by atoms with Gasteiger partial charge < -0.3 is 14.3 Å². The quantitative estimate of drug-likeness (QED) is 0.856. The lowest BCUT2D eigenvalue weighted by Gasteiger charge is -2.35. The third-order valence-electron chi connectivity index (χ3n) is 5.34. The van der Waals surface area contributed by atoms with Crippen molar-refractivity contribution in [2.75, 3.05) is 18.0 Å². The number of fused-ring (bicyclic) bond motifs is 4. The van der Waals surface area contributed by atoms with Crippen molar-refractivity contribution in [3.05, 3.63) is 41.2 Å². The number of amides is 1. The molecule has 6 nitrogen and oxygen atoms in total. The topological polar surface area (TPSA) is 62.5 Å². The van der Waals surface area contributed by atoms with Gasteiger partial charge in [-0.1, -0.05) is 5.16 Å². The second kappa shape index (κ2) is 6.13. The summed E-state index contributed by atoms with van der Waals surface area (Å²) in [4.78, 5) is 21.0. The lowest BCUT2D eigenvalue weighted by atomic mass is 9.93. The minimum Gasteiger partial charge on any atom is -0.361 e. The summed E-state index contributed by atoms with van der Waals surface area (Å²) in [5.41, 5.74) is 1.79. The molecule has 0 spiro atoms. The van der Waals surface area contributed by atoms with E-state index in [0.717, 1.165) is 29.9 Å². The fourth-order valence-electron chi connectivity index (χ4n) is 3.93. The molecule has 7 heteroatoms. The van der Waals surface area contributed by atoms with Gasteiger partial charge in [-0.2, -0.15) is 0 Å². The van der Waals surface area contributed by atoms with Crippen LogP contribution in [-0.2, 0) is 11.3 Å². The number of aryl methyl sites for hydroxylation is 2. The standard InChI is InChI=1S/C18H21FN4O2/c1-11-15(12(2)25-21-11)10-23-14-6-5-13(18(23)24)8-22(9-14)17-16(19)4-3-7-20-17/h3-4,7,13-14H,5-6,8-10H2,1-2H3/t13-,14+/m0/s1. The van der Waals surface area contributed by atoms with Crippen LogP contribution in [0.2, 0.25) is 0 Å². The zero-order chi connectivity index (χ0) is 17.6. The number of aromatic nitrogens is 2. The van der Waals surface area contributed by atoms with Crippen LogP contribution in [-0.4, -0.2) is 40.1 Å². The van der Waals surface area contributed by atoms with E-state index in [1.54, 1.807) is 12.3 Å². The van der Waals surface area contributed by atoms with Gasteiger partial charge in [-0.25, -0.2) is 9.37 Å². The zero-order valence-corrected chi connectivity index (χ0v) is 14.4. The van der Waals surface area contributed by atoms with Crippen molar-refractivity contribution in [2.24, 2.45) is 5.92 Å². The van der Waals surface area contributed by atoms with Crippen LogP contribution >= 0.6 is 0 Å². The highest BCUT2D eigenvalue weighted by atomic mass is 19.1. The van der Waals surface area contributed by atoms with Gasteiger partial charge in [0, 0.05) is 30.9 Å². The van der Waals surface area contributed by atoms with Crippen molar-refractivity contribution in [1.29, 1.82) is 0 Å². The molecule has 0 saturated carbocycles.